The van der Waals surface area contributed by atoms with Crippen molar-refractivity contribution in [3.05, 3.63) is 0 Å². The van der Waals surface area contributed by atoms with E-state index in [2.05, 4.69) is 18.8 Å². The van der Waals surface area contributed by atoms with Crippen LogP contribution in [0.3, 0.4) is 0 Å². The van der Waals surface area contributed by atoms with E-state index in [1.165, 1.54) is 64.2 Å². The van der Waals surface area contributed by atoms with E-state index in [-0.39, 0.29) is 0 Å². The first-order valence-electron chi connectivity index (χ1n) is 6.47. The Morgan fingerprint density at radius 2 is 1.14 bits per heavy atom. The summed E-state index contributed by atoms with van der Waals surface area (Å²) < 4.78 is 1.58. The Hall–Kier alpha value is 1.42. The van der Waals surface area contributed by atoms with E-state index >= 15 is 0 Å². The molecule has 0 atom stereocenters. The van der Waals surface area contributed by atoms with E-state index in [1.807, 2.05) is 0 Å². The van der Waals surface area contributed by atoms with E-state index < -0.39 is 22.1 Å². The van der Waals surface area contributed by atoms with Crippen LogP contribution in [0.1, 0.15) is 71.1 Å². The van der Waals surface area contributed by atoms with Crippen LogP contribution in [0.25, 0.3) is 0 Å². The molecule has 0 saturated heterocycles. The van der Waals surface area contributed by atoms with Gasteiger partial charge in [-0.2, -0.15) is 0 Å². The Morgan fingerprint density at radius 3 is 1.57 bits per heavy atom. The minimum absolute atomic E-state index is 0.434. The van der Waals surface area contributed by atoms with Gasteiger partial charge in [-0.3, -0.25) is 0 Å². The van der Waals surface area contributed by atoms with Crippen LogP contribution < -0.4 is 0 Å². The fourth-order valence-electron chi connectivity index (χ4n) is 1.76. The number of hydrogen-bond donors (Lipinski definition) is 0. The standard InChI is InChI=1S/C12H25.BrH.Hg/c1-3-5-7-9-11-12-10-8-6-4-2;;/h1,3-12H2,2H3;1H;/q;;+1/p-1. The van der Waals surface area contributed by atoms with Crippen LogP contribution in [0.2, 0.25) is 3.93 Å². The zero-order valence-electron chi connectivity index (χ0n) is 9.86. The third-order valence-corrected chi connectivity index (χ3v) is 10.6. The van der Waals surface area contributed by atoms with Crippen LogP contribution in [0.15, 0.2) is 0 Å². The zero-order valence-corrected chi connectivity index (χ0v) is 16.9. The summed E-state index contributed by atoms with van der Waals surface area (Å²) in [7, 11) is 0. The minimum atomic E-state index is -0.434. The molecule has 0 aromatic rings. The molecule has 0 aliphatic heterocycles. The SMILES string of the molecule is CCCCCCCCCCC[CH2][Hg][Br]. The molecule has 0 aromatic carbocycles. The molecular weight excluding hydrogens is 425 g/mol. The molecule has 0 aromatic heterocycles. The van der Waals surface area contributed by atoms with Crippen LogP contribution in [-0.2, 0) is 22.1 Å². The van der Waals surface area contributed by atoms with Gasteiger partial charge < -0.3 is 0 Å². The van der Waals surface area contributed by atoms with Gasteiger partial charge in [0.2, 0.25) is 0 Å². The van der Waals surface area contributed by atoms with Crippen molar-refractivity contribution < 1.29 is 22.1 Å². The fraction of sp³-hybridized carbons (Fsp3) is 1.00. The molecule has 0 radical (unpaired) electrons. The normalized spacial score (nSPS) is 10.1. The summed E-state index contributed by atoms with van der Waals surface area (Å²) in [5, 5.41) is 0. The molecule has 0 unspecified atom stereocenters. The second kappa shape index (κ2) is 14.4. The maximum atomic E-state index is 3.69. The van der Waals surface area contributed by atoms with Gasteiger partial charge in [0.05, 0.1) is 0 Å². The van der Waals surface area contributed by atoms with E-state index in [0.717, 1.165) is 0 Å². The third-order valence-electron chi connectivity index (χ3n) is 2.74. The van der Waals surface area contributed by atoms with E-state index in [0.29, 0.717) is 0 Å². The summed E-state index contributed by atoms with van der Waals surface area (Å²) in [6, 6.07) is 0. The summed E-state index contributed by atoms with van der Waals surface area (Å²) in [6.45, 7) is 2.29. The summed E-state index contributed by atoms with van der Waals surface area (Å²) in [6.07, 6.45) is 14.7. The Kier molecular flexibility index (Phi) is 15.9. The summed E-state index contributed by atoms with van der Waals surface area (Å²) in [4.78, 5) is 0. The van der Waals surface area contributed by atoms with Crippen LogP contribution in [0.5, 0.6) is 0 Å². The number of halogens is 1. The van der Waals surface area contributed by atoms with Gasteiger partial charge in [0.1, 0.15) is 0 Å². The molecule has 14 heavy (non-hydrogen) atoms. The Bertz CT molecular complexity index is 84.3. The van der Waals surface area contributed by atoms with Gasteiger partial charge in [-0.25, -0.2) is 0 Å². The second-order valence-electron chi connectivity index (χ2n) is 4.22. The Balaban J connectivity index is 2.78. The number of unbranched alkanes of at least 4 members (excludes halogenated alkanes) is 9. The van der Waals surface area contributed by atoms with Gasteiger partial charge in [0.25, 0.3) is 0 Å². The number of rotatable bonds is 11. The van der Waals surface area contributed by atoms with Crippen molar-refractivity contribution in [2.45, 2.75) is 75.1 Å². The average molecular weight is 450 g/mol. The predicted octanol–water partition coefficient (Wildman–Crippen LogP) is 5.72. The topological polar surface area (TPSA) is 0 Å². The molecular formula is C12H25BrHg. The summed E-state index contributed by atoms with van der Waals surface area (Å²) in [5.74, 6) is 0. The molecule has 82 valence electrons. The van der Waals surface area contributed by atoms with Gasteiger partial charge in [-0.15, -0.1) is 0 Å². The molecule has 0 bridgehead atoms. The van der Waals surface area contributed by atoms with Gasteiger partial charge in [-0.05, 0) is 0 Å². The van der Waals surface area contributed by atoms with Crippen molar-refractivity contribution in [2.75, 3.05) is 0 Å². The van der Waals surface area contributed by atoms with E-state index in [4.69, 9.17) is 0 Å². The molecule has 0 spiro atoms. The van der Waals surface area contributed by atoms with Gasteiger partial charge >= 0.3 is 109 Å². The van der Waals surface area contributed by atoms with Crippen LogP contribution >= 0.6 is 11.9 Å². The van der Waals surface area contributed by atoms with Crippen LogP contribution in [0, 0.1) is 0 Å². The molecule has 0 saturated carbocycles. The molecule has 0 aliphatic rings. The van der Waals surface area contributed by atoms with Crippen LogP contribution in [-0.4, -0.2) is 0 Å². The third kappa shape index (κ3) is 13.4. The molecule has 0 nitrogen and oxygen atoms in total. The van der Waals surface area contributed by atoms with Crippen molar-refractivity contribution in [3.8, 4) is 0 Å². The maximum absolute atomic E-state index is 3.69. The van der Waals surface area contributed by atoms with Crippen LogP contribution in [0.4, 0.5) is 0 Å². The Labute approximate surface area is 108 Å². The quantitative estimate of drug-likeness (QED) is 0.280. The molecule has 0 N–H and O–H groups in total. The Morgan fingerprint density at radius 1 is 0.714 bits per heavy atom. The average Bonchev–Trinajstić information content (AvgIpc) is 2.21. The first-order valence-corrected chi connectivity index (χ1v) is 22.3. The molecule has 0 heterocycles. The van der Waals surface area contributed by atoms with Gasteiger partial charge in [0.15, 0.2) is 0 Å². The molecule has 0 amide bonds. The first kappa shape index (κ1) is 15.4. The van der Waals surface area contributed by atoms with Crippen molar-refractivity contribution >= 4 is 11.9 Å². The van der Waals surface area contributed by atoms with Crippen molar-refractivity contribution in [1.29, 1.82) is 0 Å². The summed E-state index contributed by atoms with van der Waals surface area (Å²) >= 11 is 3.26. The number of hydrogen-bond acceptors (Lipinski definition) is 0. The summed E-state index contributed by atoms with van der Waals surface area (Å²) in [5.41, 5.74) is 0. The fourth-order valence-corrected chi connectivity index (χ4v) is 7.35. The van der Waals surface area contributed by atoms with E-state index in [1.54, 1.807) is 3.93 Å². The molecule has 0 aliphatic carbocycles. The molecule has 0 fully saturated rings. The van der Waals surface area contributed by atoms with Gasteiger partial charge in [0, 0.05) is 0 Å². The first-order chi connectivity index (χ1) is 6.91. The molecule has 0 rings (SSSR count). The van der Waals surface area contributed by atoms with Crippen molar-refractivity contribution in [1.82, 2.24) is 0 Å². The zero-order chi connectivity index (χ0) is 10.5. The van der Waals surface area contributed by atoms with Crippen molar-refractivity contribution in [3.63, 3.8) is 0 Å². The predicted molar refractivity (Wildman–Crippen MR) is 65.6 cm³/mol. The van der Waals surface area contributed by atoms with Crippen molar-refractivity contribution in [2.24, 2.45) is 0 Å². The second-order valence-corrected chi connectivity index (χ2v) is 15.4. The van der Waals surface area contributed by atoms with Gasteiger partial charge in [-0.1, -0.05) is 0 Å². The van der Waals surface area contributed by atoms with E-state index in [9.17, 15) is 0 Å². The monoisotopic (exact) mass is 450 g/mol. The molecule has 2 heteroatoms.